The van der Waals surface area contributed by atoms with E-state index in [9.17, 15) is 0 Å². The fourth-order valence-corrected chi connectivity index (χ4v) is 2.35. The van der Waals surface area contributed by atoms with Gasteiger partial charge in [0.2, 0.25) is 0 Å². The van der Waals surface area contributed by atoms with Crippen molar-refractivity contribution in [2.45, 2.75) is 5.16 Å². The van der Waals surface area contributed by atoms with E-state index in [4.69, 9.17) is 11.6 Å². The molecule has 0 radical (unpaired) electrons. The van der Waals surface area contributed by atoms with Crippen LogP contribution in [0.4, 0.5) is 0 Å². The first-order valence-electron chi connectivity index (χ1n) is 3.08. The van der Waals surface area contributed by atoms with Gasteiger partial charge in [0.05, 0.1) is 0 Å². The highest BCUT2D eigenvalue weighted by molar-refractivity contribution is 14.1. The summed E-state index contributed by atoms with van der Waals surface area (Å²) in [7, 11) is 0. The van der Waals surface area contributed by atoms with Crippen molar-refractivity contribution in [3.63, 3.8) is 0 Å². The van der Waals surface area contributed by atoms with E-state index in [1.54, 1.807) is 6.08 Å². The zero-order chi connectivity index (χ0) is 9.14. The summed E-state index contributed by atoms with van der Waals surface area (Å²) in [5.74, 6) is 0. The molecule has 1 aromatic rings. The molecular formula is C7H6ClIN2S. The molecule has 1 rings (SSSR count). The van der Waals surface area contributed by atoms with Crippen LogP contribution in [0.25, 0.3) is 6.08 Å². The number of aromatic nitrogens is 2. The Kier molecular flexibility index (Phi) is 3.79. The molecule has 0 saturated heterocycles. The summed E-state index contributed by atoms with van der Waals surface area (Å²) < 4.78 is 0.840. The summed E-state index contributed by atoms with van der Waals surface area (Å²) in [6.07, 6.45) is 3.57. The van der Waals surface area contributed by atoms with Crippen LogP contribution in [0, 0.1) is 3.70 Å². The Morgan fingerprint density at radius 3 is 2.67 bits per heavy atom. The van der Waals surface area contributed by atoms with E-state index in [1.807, 2.05) is 6.26 Å². The minimum absolute atomic E-state index is 0.466. The van der Waals surface area contributed by atoms with Gasteiger partial charge in [0.15, 0.2) is 5.16 Å². The topological polar surface area (TPSA) is 25.8 Å². The fraction of sp³-hybridized carbons (Fsp3) is 0.143. The lowest BCUT2D eigenvalue weighted by Gasteiger charge is -2.01. The molecule has 64 valence electrons. The molecule has 0 aliphatic rings. The van der Waals surface area contributed by atoms with Gasteiger partial charge in [0.25, 0.3) is 0 Å². The highest BCUT2D eigenvalue weighted by Crippen LogP contribution is 2.22. The van der Waals surface area contributed by atoms with E-state index >= 15 is 0 Å². The number of hydrogen-bond acceptors (Lipinski definition) is 3. The minimum atomic E-state index is 0.466. The lowest BCUT2D eigenvalue weighted by molar-refractivity contribution is 0.945. The quantitative estimate of drug-likeness (QED) is 0.363. The van der Waals surface area contributed by atoms with Crippen LogP contribution < -0.4 is 0 Å². The molecule has 0 spiro atoms. The molecule has 1 heterocycles. The van der Waals surface area contributed by atoms with Crippen LogP contribution in [0.5, 0.6) is 0 Å². The monoisotopic (exact) mass is 312 g/mol. The molecule has 2 nitrogen and oxygen atoms in total. The van der Waals surface area contributed by atoms with Gasteiger partial charge in [0.1, 0.15) is 8.85 Å². The molecule has 0 amide bonds. The predicted molar refractivity (Wildman–Crippen MR) is 61.6 cm³/mol. The Morgan fingerprint density at radius 1 is 1.58 bits per heavy atom. The van der Waals surface area contributed by atoms with Crippen molar-refractivity contribution in [1.29, 1.82) is 0 Å². The molecule has 0 aromatic carbocycles. The summed E-state index contributed by atoms with van der Waals surface area (Å²) in [6.45, 7) is 3.63. The van der Waals surface area contributed by atoms with Gasteiger partial charge in [0, 0.05) is 5.56 Å². The first-order chi connectivity index (χ1) is 5.69. The Hall–Kier alpha value is 0.190. The highest BCUT2D eigenvalue weighted by atomic mass is 127. The van der Waals surface area contributed by atoms with E-state index < -0.39 is 0 Å². The maximum Gasteiger partial charge on any atom is 0.189 e. The molecule has 0 aliphatic carbocycles. The van der Waals surface area contributed by atoms with Crippen molar-refractivity contribution in [3.8, 4) is 0 Å². The first kappa shape index (κ1) is 10.3. The van der Waals surface area contributed by atoms with E-state index in [2.05, 4.69) is 39.1 Å². The number of thioether (sulfide) groups is 1. The van der Waals surface area contributed by atoms with E-state index in [-0.39, 0.29) is 0 Å². The normalized spacial score (nSPS) is 9.92. The van der Waals surface area contributed by atoms with Crippen molar-refractivity contribution in [3.05, 3.63) is 21.0 Å². The molecule has 0 saturated carbocycles. The molecule has 0 N–H and O–H groups in total. The Morgan fingerprint density at radius 2 is 2.25 bits per heavy atom. The van der Waals surface area contributed by atoms with Crippen molar-refractivity contribution < 1.29 is 0 Å². The van der Waals surface area contributed by atoms with Crippen molar-refractivity contribution in [2.24, 2.45) is 0 Å². The summed E-state index contributed by atoms with van der Waals surface area (Å²) in [6, 6.07) is 0. The van der Waals surface area contributed by atoms with Gasteiger partial charge in [-0.05, 0) is 28.8 Å². The maximum atomic E-state index is 5.87. The predicted octanol–water partition coefficient (Wildman–Crippen LogP) is 3.10. The summed E-state index contributed by atoms with van der Waals surface area (Å²) in [4.78, 5) is 8.27. The minimum Gasteiger partial charge on any atom is -0.216 e. The third kappa shape index (κ3) is 2.11. The van der Waals surface area contributed by atoms with Crippen molar-refractivity contribution >= 4 is 52.0 Å². The van der Waals surface area contributed by atoms with Gasteiger partial charge in [-0.1, -0.05) is 36.0 Å². The Bertz CT molecular complexity index is 293. The molecule has 0 aliphatic heterocycles. The number of hydrogen-bond donors (Lipinski definition) is 0. The van der Waals surface area contributed by atoms with Gasteiger partial charge in [-0.25, -0.2) is 9.97 Å². The summed E-state index contributed by atoms with van der Waals surface area (Å²) in [5.41, 5.74) is 0.801. The van der Waals surface area contributed by atoms with Crippen molar-refractivity contribution in [2.75, 3.05) is 6.26 Å². The lowest BCUT2D eigenvalue weighted by Crippen LogP contribution is -1.94. The van der Waals surface area contributed by atoms with Gasteiger partial charge >= 0.3 is 0 Å². The zero-order valence-electron chi connectivity index (χ0n) is 6.34. The summed E-state index contributed by atoms with van der Waals surface area (Å²) >= 11 is 9.46. The average molecular weight is 313 g/mol. The average Bonchev–Trinajstić information content (AvgIpc) is 2.03. The third-order valence-electron chi connectivity index (χ3n) is 1.22. The number of rotatable bonds is 2. The van der Waals surface area contributed by atoms with Gasteiger partial charge in [-0.3, -0.25) is 0 Å². The van der Waals surface area contributed by atoms with E-state index in [0.717, 1.165) is 9.26 Å². The molecule has 0 atom stereocenters. The first-order valence-corrected chi connectivity index (χ1v) is 5.76. The second kappa shape index (κ2) is 4.43. The van der Waals surface area contributed by atoms with Crippen LogP contribution in [-0.2, 0) is 0 Å². The molecule has 0 bridgehead atoms. The van der Waals surface area contributed by atoms with Crippen LogP contribution in [0.1, 0.15) is 5.56 Å². The van der Waals surface area contributed by atoms with Gasteiger partial charge < -0.3 is 0 Å². The maximum absolute atomic E-state index is 5.87. The van der Waals surface area contributed by atoms with E-state index in [0.29, 0.717) is 10.3 Å². The smallest absolute Gasteiger partial charge is 0.189 e. The SMILES string of the molecule is C=Cc1c(Cl)nc(SC)nc1I. The van der Waals surface area contributed by atoms with Gasteiger partial charge in [-0.2, -0.15) is 0 Å². The lowest BCUT2D eigenvalue weighted by atomic mass is 10.3. The number of halogens is 2. The molecular weight excluding hydrogens is 307 g/mol. The third-order valence-corrected chi connectivity index (χ3v) is 2.88. The van der Waals surface area contributed by atoms with Crippen LogP contribution in [0.15, 0.2) is 11.7 Å². The molecule has 0 unspecified atom stereocenters. The number of nitrogens with zero attached hydrogens (tertiary/aromatic N) is 2. The standard InChI is InChI=1S/C7H6ClIN2S/c1-3-4-5(8)10-7(12-2)11-6(4)9/h3H,1H2,2H3. The second-order valence-electron chi connectivity index (χ2n) is 1.91. The van der Waals surface area contributed by atoms with Crippen LogP contribution in [0.2, 0.25) is 5.15 Å². The molecule has 5 heteroatoms. The van der Waals surface area contributed by atoms with Crippen molar-refractivity contribution in [1.82, 2.24) is 9.97 Å². The second-order valence-corrected chi connectivity index (χ2v) is 4.06. The molecule has 12 heavy (non-hydrogen) atoms. The molecule has 0 fully saturated rings. The molecule has 1 aromatic heterocycles. The fourth-order valence-electron chi connectivity index (χ4n) is 0.658. The van der Waals surface area contributed by atoms with Crippen LogP contribution in [0.3, 0.4) is 0 Å². The zero-order valence-corrected chi connectivity index (χ0v) is 10.1. The van der Waals surface area contributed by atoms with Gasteiger partial charge in [-0.15, -0.1) is 0 Å². The largest absolute Gasteiger partial charge is 0.216 e. The summed E-state index contributed by atoms with van der Waals surface area (Å²) in [5, 5.41) is 1.16. The Labute approximate surface area is 94.0 Å². The highest BCUT2D eigenvalue weighted by Gasteiger charge is 2.06. The van der Waals surface area contributed by atoms with E-state index in [1.165, 1.54) is 11.8 Å². The Balaban J connectivity index is 3.27. The van der Waals surface area contributed by atoms with Crippen LogP contribution in [-0.4, -0.2) is 16.2 Å². The van der Waals surface area contributed by atoms with Crippen LogP contribution >= 0.6 is 46.0 Å².